The number of benzene rings is 2. The van der Waals surface area contributed by atoms with Crippen LogP contribution in [0.3, 0.4) is 0 Å². The number of rotatable bonds is 2. The Bertz CT molecular complexity index is 624. The van der Waals surface area contributed by atoms with E-state index >= 15 is 0 Å². The molecular weight excluding hydrogens is 280 g/mol. The third kappa shape index (κ3) is 2.46. The van der Waals surface area contributed by atoms with Crippen LogP contribution in [0.5, 0.6) is 0 Å². The summed E-state index contributed by atoms with van der Waals surface area (Å²) in [4.78, 5) is 3.63. The largest absolute Gasteiger partial charge is 0.409 e. The van der Waals surface area contributed by atoms with Gasteiger partial charge in [-0.3, -0.25) is 0 Å². The van der Waals surface area contributed by atoms with Gasteiger partial charge in [0.1, 0.15) is 0 Å². The molecule has 1 aliphatic rings. The number of nitrogens with zero attached hydrogens (tertiary/aromatic N) is 4. The summed E-state index contributed by atoms with van der Waals surface area (Å²) < 4.78 is 0. The van der Waals surface area contributed by atoms with Gasteiger partial charge in [0.05, 0.1) is 0 Å². The summed E-state index contributed by atoms with van der Waals surface area (Å²) in [6.07, 6.45) is 0. The zero-order valence-corrected chi connectivity index (χ0v) is 11.9. The van der Waals surface area contributed by atoms with E-state index in [0.717, 1.165) is 11.4 Å². The maximum Gasteiger partial charge on any atom is 0.219 e. The molecule has 2 aromatic carbocycles. The van der Waals surface area contributed by atoms with Crippen LogP contribution in [0.25, 0.3) is 0 Å². The molecule has 2 N–H and O–H groups in total. The van der Waals surface area contributed by atoms with Gasteiger partial charge in [-0.15, -0.1) is 0 Å². The van der Waals surface area contributed by atoms with Crippen LogP contribution in [0.1, 0.15) is 0 Å². The Kier molecular flexibility index (Phi) is 3.91. The molecule has 0 atom stereocenters. The minimum Gasteiger partial charge on any atom is -0.409 e. The summed E-state index contributed by atoms with van der Waals surface area (Å²) in [5.41, 5.74) is 1.76. The number of hydrogen-bond acceptors (Lipinski definition) is 4. The van der Waals surface area contributed by atoms with E-state index in [1.165, 1.54) is 0 Å². The van der Waals surface area contributed by atoms with Gasteiger partial charge in [-0.05, 0) is 24.3 Å². The van der Waals surface area contributed by atoms with Crippen molar-refractivity contribution in [2.75, 3.05) is 22.9 Å². The van der Waals surface area contributed by atoms with Crippen LogP contribution in [-0.4, -0.2) is 35.2 Å². The highest BCUT2D eigenvalue weighted by Gasteiger charge is 2.31. The van der Waals surface area contributed by atoms with Crippen molar-refractivity contribution in [3.8, 4) is 0 Å². The molecule has 112 valence electrons. The first-order valence-corrected chi connectivity index (χ1v) is 6.95. The first-order chi connectivity index (χ1) is 10.8. The first-order valence-electron chi connectivity index (χ1n) is 6.95. The number of amidine groups is 2. The summed E-state index contributed by atoms with van der Waals surface area (Å²) in [5.74, 6) is 0.424. The van der Waals surface area contributed by atoms with Crippen molar-refractivity contribution in [2.45, 2.75) is 0 Å². The van der Waals surface area contributed by atoms with Crippen LogP contribution in [0.2, 0.25) is 0 Å². The lowest BCUT2D eigenvalue weighted by atomic mass is 10.2. The molecular formula is C16H16N4O2. The Morgan fingerprint density at radius 1 is 0.636 bits per heavy atom. The van der Waals surface area contributed by atoms with Gasteiger partial charge in [0.25, 0.3) is 0 Å². The van der Waals surface area contributed by atoms with Crippen LogP contribution >= 0.6 is 0 Å². The molecule has 0 amide bonds. The molecule has 0 saturated carbocycles. The highest BCUT2D eigenvalue weighted by molar-refractivity contribution is 6.50. The molecule has 6 nitrogen and oxygen atoms in total. The molecule has 0 spiro atoms. The molecule has 1 saturated heterocycles. The van der Waals surface area contributed by atoms with E-state index in [9.17, 15) is 10.4 Å². The Hall–Kier alpha value is -3.02. The normalized spacial score (nSPS) is 18.9. The van der Waals surface area contributed by atoms with E-state index < -0.39 is 0 Å². The molecule has 1 heterocycles. The van der Waals surface area contributed by atoms with Gasteiger partial charge >= 0.3 is 0 Å². The summed E-state index contributed by atoms with van der Waals surface area (Å²) in [6, 6.07) is 19.1. The average Bonchev–Trinajstić information content (AvgIpc) is 2.61. The van der Waals surface area contributed by atoms with Gasteiger partial charge in [-0.2, -0.15) is 0 Å². The van der Waals surface area contributed by atoms with E-state index in [2.05, 4.69) is 10.3 Å². The van der Waals surface area contributed by atoms with Crippen LogP contribution in [0.4, 0.5) is 11.4 Å². The lowest BCUT2D eigenvalue weighted by Gasteiger charge is -2.37. The van der Waals surface area contributed by atoms with Crippen LogP contribution < -0.4 is 9.80 Å². The lowest BCUT2D eigenvalue weighted by molar-refractivity contribution is 0.311. The second kappa shape index (κ2) is 6.17. The number of piperazine rings is 1. The second-order valence-electron chi connectivity index (χ2n) is 4.82. The smallest absolute Gasteiger partial charge is 0.219 e. The van der Waals surface area contributed by atoms with E-state index in [1.807, 2.05) is 70.5 Å². The highest BCUT2D eigenvalue weighted by atomic mass is 16.4. The molecule has 3 rings (SSSR count). The predicted octanol–water partition coefficient (Wildman–Crippen LogP) is 2.59. The molecule has 0 aromatic heterocycles. The van der Waals surface area contributed by atoms with E-state index in [1.54, 1.807) is 0 Å². The zero-order chi connectivity index (χ0) is 15.4. The van der Waals surface area contributed by atoms with Crippen molar-refractivity contribution in [2.24, 2.45) is 10.3 Å². The van der Waals surface area contributed by atoms with Gasteiger partial charge in [-0.1, -0.05) is 46.7 Å². The monoisotopic (exact) mass is 296 g/mol. The van der Waals surface area contributed by atoms with Crippen molar-refractivity contribution in [3.63, 3.8) is 0 Å². The van der Waals surface area contributed by atoms with Crippen LogP contribution in [0, 0.1) is 0 Å². The molecule has 6 heteroatoms. The maximum atomic E-state index is 9.42. The van der Waals surface area contributed by atoms with Crippen LogP contribution in [-0.2, 0) is 0 Å². The highest BCUT2D eigenvalue weighted by Crippen LogP contribution is 2.23. The van der Waals surface area contributed by atoms with Crippen molar-refractivity contribution in [1.29, 1.82) is 0 Å². The third-order valence-corrected chi connectivity index (χ3v) is 3.58. The van der Waals surface area contributed by atoms with Gasteiger partial charge in [0, 0.05) is 24.5 Å². The summed E-state index contributed by atoms with van der Waals surface area (Å²) >= 11 is 0. The number of para-hydroxylation sites is 2. The third-order valence-electron chi connectivity index (χ3n) is 3.58. The molecule has 0 radical (unpaired) electrons. The zero-order valence-electron chi connectivity index (χ0n) is 11.9. The van der Waals surface area contributed by atoms with E-state index in [4.69, 9.17) is 0 Å². The van der Waals surface area contributed by atoms with E-state index in [-0.39, 0.29) is 11.7 Å². The van der Waals surface area contributed by atoms with Gasteiger partial charge < -0.3 is 20.2 Å². The van der Waals surface area contributed by atoms with Crippen molar-refractivity contribution < 1.29 is 10.4 Å². The average molecular weight is 296 g/mol. The van der Waals surface area contributed by atoms with Gasteiger partial charge in [0.2, 0.25) is 11.7 Å². The molecule has 0 unspecified atom stereocenters. The quantitative estimate of drug-likeness (QED) is 0.660. The molecule has 22 heavy (non-hydrogen) atoms. The first kappa shape index (κ1) is 13.9. The maximum absolute atomic E-state index is 9.42. The Labute approximate surface area is 128 Å². The van der Waals surface area contributed by atoms with Crippen molar-refractivity contribution >= 4 is 23.0 Å². The summed E-state index contributed by atoms with van der Waals surface area (Å²) in [6.45, 7) is 1.22. The number of oxime groups is 2. The van der Waals surface area contributed by atoms with Gasteiger partial charge in [0.15, 0.2) is 0 Å². The Morgan fingerprint density at radius 2 is 1.00 bits per heavy atom. The van der Waals surface area contributed by atoms with Crippen molar-refractivity contribution in [1.82, 2.24) is 0 Å². The second-order valence-corrected chi connectivity index (χ2v) is 4.82. The van der Waals surface area contributed by atoms with Crippen molar-refractivity contribution in [3.05, 3.63) is 60.7 Å². The Balaban J connectivity index is 1.97. The SMILES string of the molecule is O/N=C1/C(=N/O)N(c2ccccc2)CCN1c1ccccc1. The summed E-state index contributed by atoms with van der Waals surface area (Å²) in [7, 11) is 0. The molecule has 0 bridgehead atoms. The van der Waals surface area contributed by atoms with Crippen LogP contribution in [0.15, 0.2) is 71.0 Å². The molecule has 1 aliphatic heterocycles. The topological polar surface area (TPSA) is 71.7 Å². The molecule has 0 aliphatic carbocycles. The minimum atomic E-state index is 0.212. The molecule has 2 aromatic rings. The lowest BCUT2D eigenvalue weighted by Crippen LogP contribution is -2.55. The fraction of sp³-hybridized carbons (Fsp3) is 0.125. The summed E-state index contributed by atoms with van der Waals surface area (Å²) in [5, 5.41) is 25.5. The molecule has 1 fully saturated rings. The van der Waals surface area contributed by atoms with Gasteiger partial charge in [-0.25, -0.2) is 0 Å². The standard InChI is InChI=1S/C16H16N4O2/c21-17-15-16(18-22)20(14-9-5-2-6-10-14)12-11-19(15)13-7-3-1-4-8-13/h1-10,21-22H,11-12H2/b17-15-,18-16-. The number of anilines is 2. The predicted molar refractivity (Wildman–Crippen MR) is 86.0 cm³/mol. The fourth-order valence-corrected chi connectivity index (χ4v) is 2.57. The fourth-order valence-electron chi connectivity index (χ4n) is 2.57. The minimum absolute atomic E-state index is 0.212. The Morgan fingerprint density at radius 3 is 1.32 bits per heavy atom. The van der Waals surface area contributed by atoms with E-state index in [0.29, 0.717) is 13.1 Å². The number of hydrogen-bond donors (Lipinski definition) is 2.